The number of rotatable bonds is 3. The van der Waals surface area contributed by atoms with Gasteiger partial charge in [0.05, 0.1) is 17.7 Å². The van der Waals surface area contributed by atoms with Crippen molar-refractivity contribution in [2.24, 2.45) is 13.0 Å². The number of ether oxygens (including phenoxy) is 1. The third-order valence-electron chi connectivity index (χ3n) is 3.37. The van der Waals surface area contributed by atoms with Crippen molar-refractivity contribution in [1.82, 2.24) is 20.3 Å². The van der Waals surface area contributed by atoms with Crippen LogP contribution in [0.3, 0.4) is 0 Å². The Balaban J connectivity index is 2.15. The fourth-order valence-corrected chi connectivity index (χ4v) is 2.40. The third kappa shape index (κ3) is 3.32. The van der Waals surface area contributed by atoms with Gasteiger partial charge < -0.3 is 15.2 Å². The quantitative estimate of drug-likeness (QED) is 0.862. The van der Waals surface area contributed by atoms with E-state index in [1.165, 1.54) is 4.68 Å². The number of carboxylic acids is 1. The van der Waals surface area contributed by atoms with Gasteiger partial charge in [0.25, 0.3) is 0 Å². The van der Waals surface area contributed by atoms with Crippen molar-refractivity contribution in [2.45, 2.75) is 44.8 Å². The SMILES string of the molecule is Cn1cc(C2(NC(=O)OC(C)(C)C)CC(C(=O)O)C2)nn1. The van der Waals surface area contributed by atoms with E-state index in [1.54, 1.807) is 34.0 Å². The molecule has 8 heteroatoms. The molecule has 0 bridgehead atoms. The zero-order chi connectivity index (χ0) is 15.8. The lowest BCUT2D eigenvalue weighted by Gasteiger charge is -2.44. The molecule has 0 aliphatic heterocycles. The van der Waals surface area contributed by atoms with Gasteiger partial charge in [-0.3, -0.25) is 9.48 Å². The summed E-state index contributed by atoms with van der Waals surface area (Å²) in [5, 5.41) is 19.7. The minimum absolute atomic E-state index is 0.278. The Morgan fingerprint density at radius 3 is 2.52 bits per heavy atom. The Labute approximate surface area is 122 Å². The molecule has 1 aromatic heterocycles. The molecule has 1 amide bonds. The molecule has 0 radical (unpaired) electrons. The Kier molecular flexibility index (Phi) is 3.65. The van der Waals surface area contributed by atoms with E-state index in [-0.39, 0.29) is 12.8 Å². The van der Waals surface area contributed by atoms with Crippen molar-refractivity contribution in [3.8, 4) is 0 Å². The minimum Gasteiger partial charge on any atom is -0.481 e. The highest BCUT2D eigenvalue weighted by atomic mass is 16.6. The van der Waals surface area contributed by atoms with Gasteiger partial charge >= 0.3 is 12.1 Å². The summed E-state index contributed by atoms with van der Waals surface area (Å²) in [6.45, 7) is 5.30. The van der Waals surface area contributed by atoms with Gasteiger partial charge in [0.2, 0.25) is 0 Å². The smallest absolute Gasteiger partial charge is 0.408 e. The molecule has 0 aromatic carbocycles. The molecule has 1 saturated carbocycles. The van der Waals surface area contributed by atoms with E-state index in [1.807, 2.05) is 0 Å². The third-order valence-corrected chi connectivity index (χ3v) is 3.37. The zero-order valence-corrected chi connectivity index (χ0v) is 12.6. The largest absolute Gasteiger partial charge is 0.481 e. The Morgan fingerprint density at radius 2 is 2.10 bits per heavy atom. The average molecular weight is 296 g/mol. The normalized spacial score (nSPS) is 25.0. The van der Waals surface area contributed by atoms with Crippen LogP contribution in [0.25, 0.3) is 0 Å². The number of hydrogen-bond acceptors (Lipinski definition) is 5. The van der Waals surface area contributed by atoms with Gasteiger partial charge in [-0.2, -0.15) is 0 Å². The van der Waals surface area contributed by atoms with Gasteiger partial charge in [-0.25, -0.2) is 4.79 Å². The molecule has 1 aliphatic rings. The summed E-state index contributed by atoms with van der Waals surface area (Å²) in [4.78, 5) is 23.0. The molecular formula is C13H20N4O4. The van der Waals surface area contributed by atoms with Crippen molar-refractivity contribution in [1.29, 1.82) is 0 Å². The number of hydrogen-bond donors (Lipinski definition) is 2. The van der Waals surface area contributed by atoms with Gasteiger partial charge in [-0.05, 0) is 33.6 Å². The summed E-state index contributed by atoms with van der Waals surface area (Å²) < 4.78 is 6.76. The fraction of sp³-hybridized carbons (Fsp3) is 0.692. The lowest BCUT2D eigenvalue weighted by molar-refractivity contribution is -0.148. The molecule has 1 heterocycles. The zero-order valence-electron chi connectivity index (χ0n) is 12.6. The van der Waals surface area contributed by atoms with E-state index < -0.39 is 29.1 Å². The molecule has 1 fully saturated rings. The first-order chi connectivity index (χ1) is 9.61. The molecule has 116 valence electrons. The number of aryl methyl sites for hydroxylation is 1. The van der Waals surface area contributed by atoms with Crippen molar-refractivity contribution in [2.75, 3.05) is 0 Å². The van der Waals surface area contributed by atoms with Crippen molar-refractivity contribution >= 4 is 12.1 Å². The molecule has 1 aromatic rings. The minimum atomic E-state index is -0.875. The second kappa shape index (κ2) is 5.01. The molecule has 1 aliphatic carbocycles. The maximum atomic E-state index is 12.0. The molecular weight excluding hydrogens is 276 g/mol. The Hall–Kier alpha value is -2.12. The maximum Gasteiger partial charge on any atom is 0.408 e. The van der Waals surface area contributed by atoms with Crippen LogP contribution in [0.15, 0.2) is 6.20 Å². The van der Waals surface area contributed by atoms with Crippen LogP contribution in [0.1, 0.15) is 39.3 Å². The molecule has 8 nitrogen and oxygen atoms in total. The molecule has 2 rings (SSSR count). The van der Waals surface area contributed by atoms with Gasteiger partial charge in [-0.1, -0.05) is 5.21 Å². The van der Waals surface area contributed by atoms with E-state index in [4.69, 9.17) is 9.84 Å². The summed E-state index contributed by atoms with van der Waals surface area (Å²) in [6, 6.07) is 0. The highest BCUT2D eigenvalue weighted by Crippen LogP contribution is 2.45. The lowest BCUT2D eigenvalue weighted by Crippen LogP contribution is -2.57. The van der Waals surface area contributed by atoms with E-state index in [0.29, 0.717) is 5.69 Å². The molecule has 0 atom stereocenters. The van der Waals surface area contributed by atoms with Gasteiger partial charge in [0.1, 0.15) is 11.3 Å². The number of carbonyl (C=O) groups excluding carboxylic acids is 1. The molecule has 0 spiro atoms. The molecule has 21 heavy (non-hydrogen) atoms. The van der Waals surface area contributed by atoms with Crippen LogP contribution in [0.5, 0.6) is 0 Å². The first-order valence-electron chi connectivity index (χ1n) is 6.72. The van der Waals surface area contributed by atoms with Crippen LogP contribution < -0.4 is 5.32 Å². The van der Waals surface area contributed by atoms with Crippen LogP contribution in [-0.4, -0.2) is 37.8 Å². The highest BCUT2D eigenvalue weighted by molar-refractivity contribution is 5.74. The number of aliphatic carboxylic acids is 1. The summed E-state index contributed by atoms with van der Waals surface area (Å²) in [5.74, 6) is -1.37. The molecule has 0 saturated heterocycles. The number of nitrogens with zero attached hydrogens (tertiary/aromatic N) is 3. The van der Waals surface area contributed by atoms with E-state index in [2.05, 4.69) is 15.6 Å². The number of amides is 1. The van der Waals surface area contributed by atoms with E-state index in [0.717, 1.165) is 0 Å². The molecule has 0 unspecified atom stereocenters. The summed E-state index contributed by atoms with van der Waals surface area (Å²) in [5.41, 5.74) is -0.892. The number of aromatic nitrogens is 3. The summed E-state index contributed by atoms with van der Waals surface area (Å²) in [7, 11) is 1.71. The van der Waals surface area contributed by atoms with E-state index in [9.17, 15) is 9.59 Å². The number of nitrogens with one attached hydrogen (secondary N) is 1. The van der Waals surface area contributed by atoms with Crippen LogP contribution >= 0.6 is 0 Å². The second-order valence-corrected chi connectivity index (χ2v) is 6.43. The summed E-state index contributed by atoms with van der Waals surface area (Å²) >= 11 is 0. The number of alkyl carbamates (subject to hydrolysis) is 1. The fourth-order valence-electron chi connectivity index (χ4n) is 2.40. The Bertz CT molecular complexity index is 555. The maximum absolute atomic E-state index is 12.0. The van der Waals surface area contributed by atoms with Crippen molar-refractivity contribution in [3.63, 3.8) is 0 Å². The Morgan fingerprint density at radius 1 is 1.48 bits per heavy atom. The first kappa shape index (κ1) is 15.3. The summed E-state index contributed by atoms with van der Waals surface area (Å²) in [6.07, 6.45) is 1.65. The van der Waals surface area contributed by atoms with Crippen LogP contribution in [0, 0.1) is 5.92 Å². The van der Waals surface area contributed by atoms with Crippen LogP contribution in [0.2, 0.25) is 0 Å². The monoisotopic (exact) mass is 296 g/mol. The predicted octanol–water partition coefficient (Wildman–Crippen LogP) is 1.03. The highest BCUT2D eigenvalue weighted by Gasteiger charge is 2.52. The number of carboxylic acid groups (broad SMARTS) is 1. The second-order valence-electron chi connectivity index (χ2n) is 6.43. The standard InChI is InChI=1S/C13H20N4O4/c1-12(2,3)21-11(20)14-13(5-8(6-13)10(18)19)9-7-17(4)16-15-9/h7-8H,5-6H2,1-4H3,(H,14,20)(H,18,19). The number of carbonyl (C=O) groups is 2. The van der Waals surface area contributed by atoms with Crippen LogP contribution in [-0.2, 0) is 22.1 Å². The topological polar surface area (TPSA) is 106 Å². The van der Waals surface area contributed by atoms with E-state index >= 15 is 0 Å². The van der Waals surface area contributed by atoms with Crippen LogP contribution in [0.4, 0.5) is 4.79 Å². The van der Waals surface area contributed by atoms with Crippen molar-refractivity contribution in [3.05, 3.63) is 11.9 Å². The molecule has 2 N–H and O–H groups in total. The first-order valence-corrected chi connectivity index (χ1v) is 6.72. The average Bonchev–Trinajstić information content (AvgIpc) is 2.66. The van der Waals surface area contributed by atoms with Gasteiger partial charge in [-0.15, -0.1) is 5.10 Å². The van der Waals surface area contributed by atoms with Gasteiger partial charge in [0, 0.05) is 7.05 Å². The van der Waals surface area contributed by atoms with Crippen molar-refractivity contribution < 1.29 is 19.4 Å². The lowest BCUT2D eigenvalue weighted by atomic mass is 9.66. The predicted molar refractivity (Wildman–Crippen MR) is 72.4 cm³/mol. The van der Waals surface area contributed by atoms with Gasteiger partial charge in [0.15, 0.2) is 0 Å².